The summed E-state index contributed by atoms with van der Waals surface area (Å²) in [6, 6.07) is 4.67. The highest BCUT2D eigenvalue weighted by Crippen LogP contribution is 2.33. The number of anilines is 1. The minimum atomic E-state index is 0.381. The Kier molecular flexibility index (Phi) is 7.50. The van der Waals surface area contributed by atoms with Crippen LogP contribution in [0.5, 0.6) is 0 Å². The third kappa shape index (κ3) is 5.43. The van der Waals surface area contributed by atoms with Gasteiger partial charge in [0, 0.05) is 36.8 Å². The summed E-state index contributed by atoms with van der Waals surface area (Å²) >= 11 is 6.11. The minimum Gasteiger partial charge on any atom is -0.380 e. The maximum absolute atomic E-state index is 11.1. The van der Waals surface area contributed by atoms with Crippen LogP contribution in [0.25, 0.3) is 0 Å². The Hall–Kier alpha value is -1.17. The van der Waals surface area contributed by atoms with Gasteiger partial charge in [0.25, 0.3) is 0 Å². The van der Waals surface area contributed by atoms with E-state index in [1.165, 1.54) is 25.7 Å². The first-order chi connectivity index (χ1) is 13.1. The van der Waals surface area contributed by atoms with Gasteiger partial charge in [0.05, 0.1) is 11.8 Å². The highest BCUT2D eigenvalue weighted by atomic mass is 35.5. The zero-order valence-electron chi connectivity index (χ0n) is 16.5. The number of nitroso groups, excluding NO2 is 1. The molecule has 1 aromatic carbocycles. The van der Waals surface area contributed by atoms with Crippen LogP contribution in [-0.4, -0.2) is 42.8 Å². The van der Waals surface area contributed by atoms with Gasteiger partial charge >= 0.3 is 0 Å². The lowest BCUT2D eigenvalue weighted by atomic mass is 9.90. The number of aryl methyl sites for hydroxylation is 1. The predicted molar refractivity (Wildman–Crippen MR) is 112 cm³/mol. The molecule has 6 heteroatoms. The molecule has 0 bridgehead atoms. The van der Waals surface area contributed by atoms with Crippen molar-refractivity contribution in [1.82, 2.24) is 4.90 Å². The Bertz CT molecular complexity index is 624. The summed E-state index contributed by atoms with van der Waals surface area (Å²) in [6.45, 7) is 7.24. The lowest BCUT2D eigenvalue weighted by Crippen LogP contribution is -2.46. The van der Waals surface area contributed by atoms with Crippen LogP contribution in [0.15, 0.2) is 17.3 Å². The van der Waals surface area contributed by atoms with Gasteiger partial charge in [-0.3, -0.25) is 0 Å². The number of nitrogens with one attached hydrogen (secondary N) is 1. The normalized spacial score (nSPS) is 24.7. The molecule has 0 amide bonds. The van der Waals surface area contributed by atoms with Crippen molar-refractivity contribution >= 4 is 23.0 Å². The molecule has 1 aromatic rings. The molecule has 1 heterocycles. The summed E-state index contributed by atoms with van der Waals surface area (Å²) < 4.78 is 5.92. The van der Waals surface area contributed by atoms with Crippen molar-refractivity contribution < 1.29 is 4.74 Å². The third-order valence-corrected chi connectivity index (χ3v) is 6.39. The molecule has 1 saturated heterocycles. The Morgan fingerprint density at radius 1 is 1.19 bits per heavy atom. The van der Waals surface area contributed by atoms with Crippen molar-refractivity contribution in [3.8, 4) is 0 Å². The second kappa shape index (κ2) is 9.85. The van der Waals surface area contributed by atoms with E-state index in [2.05, 4.69) is 22.3 Å². The van der Waals surface area contributed by atoms with Crippen molar-refractivity contribution in [3.63, 3.8) is 0 Å². The number of hydrogen-bond acceptors (Lipinski definition) is 5. The van der Waals surface area contributed by atoms with Gasteiger partial charge in [0.1, 0.15) is 5.69 Å². The van der Waals surface area contributed by atoms with E-state index >= 15 is 0 Å². The first-order valence-electron chi connectivity index (χ1n) is 10.4. The molecule has 0 aromatic heterocycles. The third-order valence-electron chi connectivity index (χ3n) is 5.98. The number of likely N-dealkylation sites (tertiary alicyclic amines) is 1. The van der Waals surface area contributed by atoms with Gasteiger partial charge in [-0.1, -0.05) is 18.5 Å². The van der Waals surface area contributed by atoms with Crippen LogP contribution in [0.4, 0.5) is 11.4 Å². The van der Waals surface area contributed by atoms with Gasteiger partial charge in [-0.2, -0.15) is 0 Å². The van der Waals surface area contributed by atoms with Crippen LogP contribution in [0.2, 0.25) is 5.02 Å². The molecule has 150 valence electrons. The fraction of sp³-hybridized carbons (Fsp3) is 0.714. The quantitative estimate of drug-likeness (QED) is 0.607. The summed E-state index contributed by atoms with van der Waals surface area (Å²) in [6.07, 6.45) is 8.66. The highest BCUT2D eigenvalue weighted by Gasteiger charge is 2.29. The fourth-order valence-corrected chi connectivity index (χ4v) is 4.51. The lowest BCUT2D eigenvalue weighted by molar-refractivity contribution is 0.00428. The summed E-state index contributed by atoms with van der Waals surface area (Å²) in [7, 11) is 0. The molecule has 1 saturated carbocycles. The lowest BCUT2D eigenvalue weighted by Gasteiger charge is -2.41. The number of rotatable bonds is 7. The van der Waals surface area contributed by atoms with Gasteiger partial charge in [-0.15, -0.1) is 4.91 Å². The molecule has 0 spiro atoms. The Morgan fingerprint density at radius 3 is 2.52 bits per heavy atom. The second-order valence-corrected chi connectivity index (χ2v) is 8.37. The first-order valence-corrected chi connectivity index (χ1v) is 10.7. The number of benzene rings is 1. The Balaban J connectivity index is 1.47. The van der Waals surface area contributed by atoms with E-state index in [0.29, 0.717) is 28.9 Å². The largest absolute Gasteiger partial charge is 0.380 e. The van der Waals surface area contributed by atoms with Gasteiger partial charge in [0.15, 0.2) is 0 Å². The minimum absolute atomic E-state index is 0.381. The average molecular weight is 394 g/mol. The van der Waals surface area contributed by atoms with E-state index in [-0.39, 0.29) is 0 Å². The molecule has 5 nitrogen and oxygen atoms in total. The molecular weight excluding hydrogens is 362 g/mol. The molecular formula is C21H32ClN3O2. The zero-order chi connectivity index (χ0) is 19.2. The number of halogens is 1. The van der Waals surface area contributed by atoms with Crippen LogP contribution in [0.3, 0.4) is 0 Å². The monoisotopic (exact) mass is 393 g/mol. The fourth-order valence-electron chi connectivity index (χ4n) is 4.35. The number of piperidine rings is 1. The molecule has 1 N–H and O–H groups in total. The van der Waals surface area contributed by atoms with Gasteiger partial charge in [-0.25, -0.2) is 0 Å². The van der Waals surface area contributed by atoms with E-state index in [1.54, 1.807) is 6.07 Å². The average Bonchev–Trinajstić information content (AvgIpc) is 2.70. The topological polar surface area (TPSA) is 53.9 Å². The van der Waals surface area contributed by atoms with E-state index in [9.17, 15) is 4.91 Å². The van der Waals surface area contributed by atoms with E-state index < -0.39 is 0 Å². The highest BCUT2D eigenvalue weighted by molar-refractivity contribution is 6.31. The van der Waals surface area contributed by atoms with Gasteiger partial charge in [-0.05, 0) is 74.7 Å². The molecule has 27 heavy (non-hydrogen) atoms. The SMILES string of the molecule is CCCO[C@H]1CC[C@H](N2CCC(Nc3cc(C)c(Cl)cc3N=O)CC2)CC1. The van der Waals surface area contributed by atoms with Crippen molar-refractivity contribution in [1.29, 1.82) is 0 Å². The van der Waals surface area contributed by atoms with E-state index in [4.69, 9.17) is 16.3 Å². The molecule has 0 atom stereocenters. The standard InChI is InChI=1S/C21H32ClN3O2/c1-3-12-27-18-6-4-17(5-7-18)25-10-8-16(9-11-25)23-20-13-15(2)19(22)14-21(20)24-26/h13-14,16-18,23H,3-12H2,1-2H3/t17-,18-. The zero-order valence-corrected chi connectivity index (χ0v) is 17.3. The van der Waals surface area contributed by atoms with Crippen LogP contribution in [0, 0.1) is 11.8 Å². The summed E-state index contributed by atoms with van der Waals surface area (Å²) in [4.78, 5) is 13.8. The number of nitrogens with zero attached hydrogens (tertiary/aromatic N) is 2. The molecule has 0 radical (unpaired) electrons. The number of ether oxygens (including phenoxy) is 1. The van der Waals surface area contributed by atoms with Crippen LogP contribution in [-0.2, 0) is 4.74 Å². The Labute approximate surface area is 167 Å². The maximum Gasteiger partial charge on any atom is 0.132 e. The molecule has 3 rings (SSSR count). The molecule has 0 unspecified atom stereocenters. The van der Waals surface area contributed by atoms with Crippen LogP contribution in [0.1, 0.15) is 57.4 Å². The summed E-state index contributed by atoms with van der Waals surface area (Å²) in [5.74, 6) is 0. The van der Waals surface area contributed by atoms with Crippen molar-refractivity contribution in [2.45, 2.75) is 77.0 Å². The van der Waals surface area contributed by atoms with Crippen molar-refractivity contribution in [3.05, 3.63) is 27.6 Å². The summed E-state index contributed by atoms with van der Waals surface area (Å²) in [5.41, 5.74) is 2.17. The number of hydrogen-bond donors (Lipinski definition) is 1. The Morgan fingerprint density at radius 2 is 1.89 bits per heavy atom. The molecule has 1 aliphatic carbocycles. The molecule has 2 fully saturated rings. The van der Waals surface area contributed by atoms with Crippen LogP contribution >= 0.6 is 11.6 Å². The van der Waals surface area contributed by atoms with Gasteiger partial charge < -0.3 is 15.0 Å². The smallest absolute Gasteiger partial charge is 0.132 e. The van der Waals surface area contributed by atoms with E-state index in [1.807, 2.05) is 13.0 Å². The van der Waals surface area contributed by atoms with Crippen LogP contribution < -0.4 is 5.32 Å². The summed E-state index contributed by atoms with van der Waals surface area (Å²) in [5, 5.41) is 7.25. The van der Waals surface area contributed by atoms with Crippen molar-refractivity contribution in [2.75, 3.05) is 25.0 Å². The van der Waals surface area contributed by atoms with Crippen molar-refractivity contribution in [2.24, 2.45) is 5.18 Å². The maximum atomic E-state index is 11.1. The van der Waals surface area contributed by atoms with Gasteiger partial charge in [0.2, 0.25) is 0 Å². The molecule has 1 aliphatic heterocycles. The second-order valence-electron chi connectivity index (χ2n) is 7.97. The predicted octanol–water partition coefficient (Wildman–Crippen LogP) is 5.66. The van der Waals surface area contributed by atoms with E-state index in [0.717, 1.165) is 50.2 Å². The molecule has 2 aliphatic rings. The first kappa shape index (κ1) is 20.6.